The number of rotatable bonds is 5. The zero-order valence-electron chi connectivity index (χ0n) is 10.5. The van der Waals surface area contributed by atoms with Crippen molar-refractivity contribution in [2.75, 3.05) is 0 Å². The molecule has 0 bridgehead atoms. The first kappa shape index (κ1) is 12.3. The lowest BCUT2D eigenvalue weighted by molar-refractivity contribution is 0.0976. The van der Waals surface area contributed by atoms with Crippen molar-refractivity contribution in [3.8, 4) is 0 Å². The van der Waals surface area contributed by atoms with Crippen molar-refractivity contribution < 1.29 is 4.79 Å². The van der Waals surface area contributed by atoms with Crippen LogP contribution in [0.25, 0.3) is 0 Å². The van der Waals surface area contributed by atoms with Gasteiger partial charge in [-0.2, -0.15) is 0 Å². The summed E-state index contributed by atoms with van der Waals surface area (Å²) >= 11 is 0. The van der Waals surface area contributed by atoms with E-state index in [-0.39, 0.29) is 0 Å². The maximum atomic E-state index is 11.9. The molecule has 1 aromatic rings. The largest absolute Gasteiger partial charge is 0.294 e. The van der Waals surface area contributed by atoms with Crippen LogP contribution >= 0.6 is 0 Å². The Labute approximate surface area is 104 Å². The molecule has 0 N–H and O–H groups in total. The number of carbonyl (C=O) groups is 1. The number of benzene rings is 1. The quantitative estimate of drug-likeness (QED) is 0.674. The minimum atomic E-state index is 0.307. The fraction of sp³-hybridized carbons (Fsp3) is 0.562. The molecule has 1 heteroatoms. The van der Waals surface area contributed by atoms with E-state index in [0.29, 0.717) is 5.78 Å². The second-order valence-corrected chi connectivity index (χ2v) is 5.19. The van der Waals surface area contributed by atoms with Gasteiger partial charge >= 0.3 is 0 Å². The van der Waals surface area contributed by atoms with Gasteiger partial charge in [-0.25, -0.2) is 0 Å². The van der Waals surface area contributed by atoms with Crippen molar-refractivity contribution in [1.29, 1.82) is 0 Å². The van der Waals surface area contributed by atoms with E-state index in [1.54, 1.807) is 0 Å². The van der Waals surface area contributed by atoms with Gasteiger partial charge in [0.2, 0.25) is 0 Å². The van der Waals surface area contributed by atoms with Gasteiger partial charge in [0.05, 0.1) is 0 Å². The molecule has 1 aliphatic carbocycles. The monoisotopic (exact) mass is 230 g/mol. The number of ketones is 1. The van der Waals surface area contributed by atoms with Crippen LogP contribution in [0.3, 0.4) is 0 Å². The number of carbonyl (C=O) groups excluding carboxylic acids is 1. The van der Waals surface area contributed by atoms with Crippen LogP contribution in [0.15, 0.2) is 30.3 Å². The van der Waals surface area contributed by atoms with Crippen LogP contribution in [-0.4, -0.2) is 5.78 Å². The summed E-state index contributed by atoms with van der Waals surface area (Å²) in [5.41, 5.74) is 0.871. The van der Waals surface area contributed by atoms with Gasteiger partial charge in [-0.3, -0.25) is 4.79 Å². The molecule has 0 unspecified atom stereocenters. The Morgan fingerprint density at radius 1 is 1.06 bits per heavy atom. The lowest BCUT2D eigenvalue weighted by Crippen LogP contribution is -2.07. The maximum absolute atomic E-state index is 11.9. The van der Waals surface area contributed by atoms with E-state index in [4.69, 9.17) is 0 Å². The molecular formula is C16H22O. The summed E-state index contributed by atoms with van der Waals surface area (Å²) in [5.74, 6) is 1.20. The highest BCUT2D eigenvalue weighted by molar-refractivity contribution is 5.95. The summed E-state index contributed by atoms with van der Waals surface area (Å²) in [6.45, 7) is 0. The lowest BCUT2D eigenvalue weighted by Gasteiger charge is -2.21. The summed E-state index contributed by atoms with van der Waals surface area (Å²) < 4.78 is 0. The van der Waals surface area contributed by atoms with Gasteiger partial charge < -0.3 is 0 Å². The Balaban J connectivity index is 1.69. The third kappa shape index (κ3) is 3.99. The van der Waals surface area contributed by atoms with Gasteiger partial charge in [-0.05, 0) is 12.3 Å². The molecule has 92 valence electrons. The zero-order chi connectivity index (χ0) is 11.9. The van der Waals surface area contributed by atoms with Crippen LogP contribution in [0.2, 0.25) is 0 Å². The Bertz CT molecular complexity index is 336. The highest BCUT2D eigenvalue weighted by Crippen LogP contribution is 2.27. The first-order chi connectivity index (χ1) is 8.36. The number of hydrogen-bond donors (Lipinski definition) is 0. The summed E-state index contributed by atoms with van der Waals surface area (Å²) in [6.07, 6.45) is 10.0. The summed E-state index contributed by atoms with van der Waals surface area (Å²) in [5, 5.41) is 0. The summed E-state index contributed by atoms with van der Waals surface area (Å²) in [6, 6.07) is 9.67. The lowest BCUT2D eigenvalue weighted by atomic mass is 9.85. The van der Waals surface area contributed by atoms with Crippen molar-refractivity contribution in [2.24, 2.45) is 5.92 Å². The number of hydrogen-bond acceptors (Lipinski definition) is 1. The number of Topliss-reactive ketones (excluding diaryl/α,β-unsaturated/α-hetero) is 1. The molecule has 0 heterocycles. The van der Waals surface area contributed by atoms with Gasteiger partial charge in [-0.1, -0.05) is 68.9 Å². The van der Waals surface area contributed by atoms with Crippen molar-refractivity contribution in [2.45, 2.75) is 51.4 Å². The Morgan fingerprint density at radius 3 is 2.47 bits per heavy atom. The Kier molecular flexibility index (Phi) is 4.78. The minimum Gasteiger partial charge on any atom is -0.294 e. The van der Waals surface area contributed by atoms with Crippen LogP contribution in [-0.2, 0) is 0 Å². The van der Waals surface area contributed by atoms with Crippen LogP contribution in [0, 0.1) is 5.92 Å². The van der Waals surface area contributed by atoms with E-state index in [0.717, 1.165) is 24.3 Å². The average Bonchev–Trinajstić information content (AvgIpc) is 2.41. The molecule has 1 aliphatic rings. The predicted octanol–water partition coefficient (Wildman–Crippen LogP) is 4.62. The molecule has 17 heavy (non-hydrogen) atoms. The molecule has 0 saturated heterocycles. The molecule has 0 aliphatic heterocycles. The van der Waals surface area contributed by atoms with E-state index in [1.165, 1.54) is 38.5 Å². The van der Waals surface area contributed by atoms with E-state index < -0.39 is 0 Å². The second kappa shape index (κ2) is 6.58. The Morgan fingerprint density at radius 2 is 1.76 bits per heavy atom. The minimum absolute atomic E-state index is 0.307. The van der Waals surface area contributed by atoms with Crippen LogP contribution in [0.5, 0.6) is 0 Å². The summed E-state index contributed by atoms with van der Waals surface area (Å²) in [7, 11) is 0. The van der Waals surface area contributed by atoms with Gasteiger partial charge in [0.25, 0.3) is 0 Å². The highest BCUT2D eigenvalue weighted by Gasteiger charge is 2.13. The summed E-state index contributed by atoms with van der Waals surface area (Å²) in [4.78, 5) is 11.9. The van der Waals surface area contributed by atoms with E-state index in [2.05, 4.69) is 0 Å². The molecule has 1 nitrogen and oxygen atoms in total. The third-order valence-corrected chi connectivity index (χ3v) is 3.84. The molecule has 0 aromatic heterocycles. The fourth-order valence-corrected chi connectivity index (χ4v) is 2.80. The molecule has 0 atom stereocenters. The predicted molar refractivity (Wildman–Crippen MR) is 71.2 cm³/mol. The van der Waals surface area contributed by atoms with E-state index >= 15 is 0 Å². The van der Waals surface area contributed by atoms with Gasteiger partial charge in [0, 0.05) is 12.0 Å². The van der Waals surface area contributed by atoms with Crippen molar-refractivity contribution in [3.63, 3.8) is 0 Å². The normalized spacial score (nSPS) is 16.9. The topological polar surface area (TPSA) is 17.1 Å². The van der Waals surface area contributed by atoms with E-state index in [1.807, 2.05) is 30.3 Å². The zero-order valence-corrected chi connectivity index (χ0v) is 10.5. The van der Waals surface area contributed by atoms with Crippen molar-refractivity contribution in [1.82, 2.24) is 0 Å². The molecule has 0 amide bonds. The van der Waals surface area contributed by atoms with Crippen molar-refractivity contribution in [3.05, 3.63) is 35.9 Å². The van der Waals surface area contributed by atoms with Gasteiger partial charge in [0.1, 0.15) is 0 Å². The fourth-order valence-electron chi connectivity index (χ4n) is 2.80. The second-order valence-electron chi connectivity index (χ2n) is 5.19. The van der Waals surface area contributed by atoms with Crippen LogP contribution in [0.4, 0.5) is 0 Å². The molecule has 1 aromatic carbocycles. The SMILES string of the molecule is O=C(CCCC1CCCCC1)c1ccccc1. The molecule has 0 spiro atoms. The Hall–Kier alpha value is -1.11. The van der Waals surface area contributed by atoms with Gasteiger partial charge in [0.15, 0.2) is 5.78 Å². The highest BCUT2D eigenvalue weighted by atomic mass is 16.1. The maximum Gasteiger partial charge on any atom is 0.162 e. The average molecular weight is 230 g/mol. The molecule has 1 saturated carbocycles. The standard InChI is InChI=1S/C16H22O/c17-16(15-11-5-2-6-12-15)13-7-10-14-8-3-1-4-9-14/h2,5-6,11-12,14H,1,3-4,7-10,13H2. The first-order valence-electron chi connectivity index (χ1n) is 6.94. The molecule has 1 fully saturated rings. The third-order valence-electron chi connectivity index (χ3n) is 3.84. The first-order valence-corrected chi connectivity index (χ1v) is 6.94. The van der Waals surface area contributed by atoms with Gasteiger partial charge in [-0.15, -0.1) is 0 Å². The molecular weight excluding hydrogens is 208 g/mol. The van der Waals surface area contributed by atoms with Crippen LogP contribution < -0.4 is 0 Å². The smallest absolute Gasteiger partial charge is 0.162 e. The van der Waals surface area contributed by atoms with Crippen molar-refractivity contribution >= 4 is 5.78 Å². The molecule has 0 radical (unpaired) electrons. The van der Waals surface area contributed by atoms with Crippen LogP contribution in [0.1, 0.15) is 61.7 Å². The van der Waals surface area contributed by atoms with E-state index in [9.17, 15) is 4.79 Å². The molecule has 2 rings (SSSR count).